The molecule has 8 heteroatoms. The number of nitriles is 1. The molecule has 0 aliphatic carbocycles. The van der Waals surface area contributed by atoms with Gasteiger partial charge in [-0.1, -0.05) is 6.92 Å². The summed E-state index contributed by atoms with van der Waals surface area (Å²) in [6, 6.07) is 6.00. The largest absolute Gasteiger partial charge is 0.398 e. The molecule has 0 spiro atoms. The van der Waals surface area contributed by atoms with Gasteiger partial charge < -0.3 is 5.73 Å². The molecule has 0 radical (unpaired) electrons. The topological polar surface area (TPSA) is 109 Å². The van der Waals surface area contributed by atoms with Gasteiger partial charge in [0.1, 0.15) is 9.90 Å². The summed E-state index contributed by atoms with van der Waals surface area (Å²) in [6.45, 7) is 2.13. The first-order chi connectivity index (χ1) is 9.96. The lowest BCUT2D eigenvalue weighted by Crippen LogP contribution is -2.24. The summed E-state index contributed by atoms with van der Waals surface area (Å²) in [7, 11) is -3.73. The molecule has 0 saturated heterocycles. The fourth-order valence-electron chi connectivity index (χ4n) is 1.69. The summed E-state index contributed by atoms with van der Waals surface area (Å²) >= 11 is 1.47. The molecule has 1 aromatic carbocycles. The molecule has 0 bridgehead atoms. The fourth-order valence-corrected chi connectivity index (χ4v) is 3.68. The van der Waals surface area contributed by atoms with Crippen LogP contribution in [0.3, 0.4) is 0 Å². The summed E-state index contributed by atoms with van der Waals surface area (Å²) < 4.78 is 26.9. The van der Waals surface area contributed by atoms with Crippen LogP contribution in [0.15, 0.2) is 29.3 Å². The van der Waals surface area contributed by atoms with E-state index in [1.165, 1.54) is 29.5 Å². The van der Waals surface area contributed by atoms with Gasteiger partial charge in [0.25, 0.3) is 0 Å². The van der Waals surface area contributed by atoms with Crippen LogP contribution in [0.25, 0.3) is 0 Å². The summed E-state index contributed by atoms with van der Waals surface area (Å²) in [5.41, 5.74) is 6.06. The van der Waals surface area contributed by atoms with Crippen LogP contribution >= 0.6 is 11.3 Å². The number of hydrogen-bond acceptors (Lipinski definition) is 6. The van der Waals surface area contributed by atoms with Crippen molar-refractivity contribution in [2.75, 3.05) is 5.73 Å². The molecule has 1 heterocycles. The number of benzene rings is 1. The van der Waals surface area contributed by atoms with Gasteiger partial charge in [-0.25, -0.2) is 18.1 Å². The maximum absolute atomic E-state index is 12.2. The van der Waals surface area contributed by atoms with Crippen LogP contribution in [0.2, 0.25) is 0 Å². The number of rotatable bonds is 5. The molecule has 0 saturated carbocycles. The number of nitrogen functional groups attached to an aromatic ring is 1. The number of hydrogen-bond donors (Lipinski definition) is 2. The van der Waals surface area contributed by atoms with Crippen molar-refractivity contribution in [1.29, 1.82) is 5.26 Å². The first-order valence-electron chi connectivity index (χ1n) is 6.19. The van der Waals surface area contributed by atoms with Gasteiger partial charge in [0.05, 0.1) is 23.9 Å². The second kappa shape index (κ2) is 6.22. The highest BCUT2D eigenvalue weighted by atomic mass is 32.2. The van der Waals surface area contributed by atoms with Crippen molar-refractivity contribution in [3.63, 3.8) is 0 Å². The molecule has 0 atom stereocenters. The zero-order valence-corrected chi connectivity index (χ0v) is 13.0. The van der Waals surface area contributed by atoms with Crippen LogP contribution in [0.1, 0.15) is 22.4 Å². The second-order valence-corrected chi connectivity index (χ2v) is 7.20. The smallest absolute Gasteiger partial charge is 0.242 e. The third-order valence-corrected chi connectivity index (χ3v) is 5.41. The van der Waals surface area contributed by atoms with Crippen molar-refractivity contribution in [3.8, 4) is 6.07 Å². The average molecular weight is 322 g/mol. The van der Waals surface area contributed by atoms with Gasteiger partial charge in [-0.05, 0) is 24.6 Å². The molecule has 0 amide bonds. The summed E-state index contributed by atoms with van der Waals surface area (Å²) in [5.74, 6) is 0. The van der Waals surface area contributed by atoms with Crippen molar-refractivity contribution in [1.82, 2.24) is 9.71 Å². The van der Waals surface area contributed by atoms with Crippen LogP contribution < -0.4 is 10.5 Å². The molecule has 6 nitrogen and oxygen atoms in total. The zero-order chi connectivity index (χ0) is 15.5. The molecule has 0 aliphatic rings. The number of nitrogens with two attached hydrogens (primary N) is 1. The van der Waals surface area contributed by atoms with E-state index in [1.54, 1.807) is 6.20 Å². The van der Waals surface area contributed by atoms with Gasteiger partial charge in [-0.2, -0.15) is 5.26 Å². The Hall–Kier alpha value is -1.95. The maximum atomic E-state index is 12.2. The van der Waals surface area contributed by atoms with Crippen molar-refractivity contribution < 1.29 is 8.42 Å². The Labute approximate surface area is 127 Å². The standard InChI is InChI=1S/C13H14N4O2S2/c1-2-10-7-16-13(20-10)8-17-21(18,19)12-4-3-9(6-14)5-11(12)15/h3-5,7,17H,2,8,15H2,1H3. The molecule has 2 aromatic rings. The summed E-state index contributed by atoms with van der Waals surface area (Å²) in [5, 5.41) is 9.45. The van der Waals surface area contributed by atoms with Gasteiger partial charge in [0.15, 0.2) is 0 Å². The molecule has 0 unspecified atom stereocenters. The first-order valence-corrected chi connectivity index (χ1v) is 8.49. The van der Waals surface area contributed by atoms with Crippen molar-refractivity contribution in [3.05, 3.63) is 39.8 Å². The normalized spacial score (nSPS) is 11.2. The predicted molar refractivity (Wildman–Crippen MR) is 81.1 cm³/mol. The zero-order valence-electron chi connectivity index (χ0n) is 11.3. The van der Waals surface area contributed by atoms with Crippen LogP contribution in [0, 0.1) is 11.3 Å². The van der Waals surface area contributed by atoms with E-state index in [2.05, 4.69) is 9.71 Å². The molecule has 3 N–H and O–H groups in total. The molecule has 1 aromatic heterocycles. The third-order valence-electron chi connectivity index (χ3n) is 2.79. The van der Waals surface area contributed by atoms with Crippen LogP contribution in [0.5, 0.6) is 0 Å². The van der Waals surface area contributed by atoms with E-state index in [0.717, 1.165) is 11.3 Å². The SMILES string of the molecule is CCc1cnc(CNS(=O)(=O)c2ccc(C#N)cc2N)s1. The quantitative estimate of drug-likeness (QED) is 0.813. The van der Waals surface area contributed by atoms with Gasteiger partial charge in [0.2, 0.25) is 10.0 Å². The molecule has 110 valence electrons. The molecule has 2 rings (SSSR count). The van der Waals surface area contributed by atoms with Crippen molar-refractivity contribution in [2.45, 2.75) is 24.8 Å². The number of aryl methyl sites for hydroxylation is 1. The van der Waals surface area contributed by atoms with E-state index in [9.17, 15) is 8.42 Å². The highest BCUT2D eigenvalue weighted by Crippen LogP contribution is 2.20. The molecular formula is C13H14N4O2S2. The number of aromatic nitrogens is 1. The van der Waals surface area contributed by atoms with E-state index in [4.69, 9.17) is 11.0 Å². The number of nitrogens with zero attached hydrogens (tertiary/aromatic N) is 2. The fraction of sp³-hybridized carbons (Fsp3) is 0.231. The van der Waals surface area contributed by atoms with E-state index < -0.39 is 10.0 Å². The minimum Gasteiger partial charge on any atom is -0.398 e. The number of anilines is 1. The van der Waals surface area contributed by atoms with E-state index in [-0.39, 0.29) is 17.1 Å². The van der Waals surface area contributed by atoms with E-state index in [1.807, 2.05) is 13.0 Å². The predicted octanol–water partition coefficient (Wildman–Crippen LogP) is 1.64. The van der Waals surface area contributed by atoms with Crippen LogP contribution in [-0.2, 0) is 23.0 Å². The molecule has 21 heavy (non-hydrogen) atoms. The lowest BCUT2D eigenvalue weighted by Gasteiger charge is -2.08. The Kier molecular flexibility index (Phi) is 4.57. The Morgan fingerprint density at radius 1 is 1.48 bits per heavy atom. The Morgan fingerprint density at radius 2 is 2.24 bits per heavy atom. The van der Waals surface area contributed by atoms with Crippen molar-refractivity contribution >= 4 is 27.0 Å². The second-order valence-electron chi connectivity index (χ2n) is 4.26. The monoisotopic (exact) mass is 322 g/mol. The summed E-state index contributed by atoms with van der Waals surface area (Å²) in [6.07, 6.45) is 2.61. The van der Waals surface area contributed by atoms with Gasteiger partial charge >= 0.3 is 0 Å². The number of nitrogens with one attached hydrogen (secondary N) is 1. The Morgan fingerprint density at radius 3 is 2.81 bits per heavy atom. The molecule has 0 aliphatic heterocycles. The molecule has 0 fully saturated rings. The lowest BCUT2D eigenvalue weighted by molar-refractivity contribution is 0.581. The summed E-state index contributed by atoms with van der Waals surface area (Å²) in [4.78, 5) is 5.22. The van der Waals surface area contributed by atoms with E-state index >= 15 is 0 Å². The van der Waals surface area contributed by atoms with Crippen molar-refractivity contribution in [2.24, 2.45) is 0 Å². The first kappa shape index (κ1) is 15.4. The molecular weight excluding hydrogens is 308 g/mol. The van der Waals surface area contributed by atoms with Crippen LogP contribution in [0.4, 0.5) is 5.69 Å². The van der Waals surface area contributed by atoms with Gasteiger partial charge in [0, 0.05) is 11.1 Å². The highest BCUT2D eigenvalue weighted by molar-refractivity contribution is 7.89. The van der Waals surface area contributed by atoms with Gasteiger partial charge in [-0.3, -0.25) is 0 Å². The number of sulfonamides is 1. The highest BCUT2D eigenvalue weighted by Gasteiger charge is 2.18. The average Bonchev–Trinajstić information content (AvgIpc) is 2.93. The van der Waals surface area contributed by atoms with Crippen LogP contribution in [-0.4, -0.2) is 13.4 Å². The minimum atomic E-state index is -3.73. The van der Waals surface area contributed by atoms with Gasteiger partial charge in [-0.15, -0.1) is 11.3 Å². The Bertz CT molecular complexity index is 791. The number of thiazole rings is 1. The minimum absolute atomic E-state index is 0.0335. The Balaban J connectivity index is 2.17. The van der Waals surface area contributed by atoms with E-state index in [0.29, 0.717) is 10.6 Å². The third kappa shape index (κ3) is 3.58. The lowest BCUT2D eigenvalue weighted by atomic mass is 10.2. The maximum Gasteiger partial charge on any atom is 0.242 e.